The number of hydrogen-bond donors (Lipinski definition) is 6. The quantitative estimate of drug-likeness (QED) is 0.0210. The van der Waals surface area contributed by atoms with Gasteiger partial charge in [0.05, 0.1) is 36.6 Å². The van der Waals surface area contributed by atoms with Crippen molar-refractivity contribution in [2.75, 3.05) is 26.3 Å². The Hall–Kier alpha value is -5.36. The molecule has 0 saturated heterocycles. The third-order valence-corrected chi connectivity index (χ3v) is 15.1. The predicted octanol–water partition coefficient (Wildman–Crippen LogP) is 8.55. The first-order chi connectivity index (χ1) is 37.7. The van der Waals surface area contributed by atoms with E-state index in [4.69, 9.17) is 9.68 Å². The zero-order valence-electron chi connectivity index (χ0n) is 46.4. The Bertz CT molecular complexity index is 2020. The molecule has 0 heterocycles. The van der Waals surface area contributed by atoms with Gasteiger partial charge in [0, 0.05) is 63.5 Å². The number of rotatable bonds is 38. The molecule has 78 heavy (non-hydrogen) atoms. The molecule has 4 rings (SSSR count). The number of carbonyl (C=O) groups excluding carboxylic acids is 4. The van der Waals surface area contributed by atoms with Gasteiger partial charge in [-0.15, -0.1) is 0 Å². The summed E-state index contributed by atoms with van der Waals surface area (Å²) in [6.45, 7) is 4.28. The fourth-order valence-electron chi connectivity index (χ4n) is 10.5. The number of benzene rings is 2. The lowest BCUT2D eigenvalue weighted by molar-refractivity contribution is -0.981. The molecule has 0 unspecified atom stereocenters. The fraction of sp³-hybridized carbons (Fsp3) is 0.613. The van der Waals surface area contributed by atoms with Gasteiger partial charge in [-0.2, -0.15) is 9.68 Å². The first-order valence-corrected chi connectivity index (χ1v) is 28.9. The van der Waals surface area contributed by atoms with Gasteiger partial charge in [-0.05, 0) is 140 Å². The van der Waals surface area contributed by atoms with Crippen LogP contribution >= 0.6 is 0 Å². The molecule has 432 valence electrons. The Balaban J connectivity index is 0.980. The van der Waals surface area contributed by atoms with E-state index in [-0.39, 0.29) is 117 Å². The number of aryl methyl sites for hydroxylation is 2. The molecule has 2 fully saturated rings. The van der Waals surface area contributed by atoms with Crippen LogP contribution < -0.4 is 0 Å². The second-order valence-electron chi connectivity index (χ2n) is 20.9. The number of aliphatic hydroxyl groups excluding tert-OH is 6. The van der Waals surface area contributed by atoms with E-state index in [0.29, 0.717) is 89.9 Å². The van der Waals surface area contributed by atoms with Crippen LogP contribution in [0.2, 0.25) is 0 Å². The maximum atomic E-state index is 12.9. The molecule has 2 aliphatic rings. The molecule has 0 aromatic heterocycles. The standard InChI is InChI=1S/C62H92N3O13/c1-3-63(59(72)31-19-7-5-17-29-51-53(57(70)45-55(51)68)41-39-49(66)37-35-47-25-13-9-14-26-47)61(74)33-21-11-23-43-77-65(76)78-44-24-12-22-34-62(75)64(4-2)60(73)32-20-8-6-18-30-52-54(58(71)46-56(52)69)42-40-50(67)38-36-48-27-15-10-16-28-48/h5-6,9-10,13-18,25-28,39-42,49-58,66-71H,3-4,7-8,11-12,19-24,29-38,43-46H2,1-2H3/q+1/b17-5-,18-6-,41-39+,42-40+/t49-,50-,51+,52+,53-,54-,55+,56+,57+,58+/m0/s1. The molecule has 2 aromatic carbocycles. The molecule has 16 heteroatoms. The Morgan fingerprint density at radius 3 is 1.28 bits per heavy atom. The van der Waals surface area contributed by atoms with E-state index in [1.165, 1.54) is 9.80 Å². The number of carbonyl (C=O) groups is 4. The van der Waals surface area contributed by atoms with E-state index in [2.05, 4.69) is 0 Å². The van der Waals surface area contributed by atoms with Gasteiger partial charge in [0.2, 0.25) is 23.6 Å². The van der Waals surface area contributed by atoms with Gasteiger partial charge in [0.15, 0.2) is 13.2 Å². The van der Waals surface area contributed by atoms with Crippen LogP contribution in [0.15, 0.2) is 109 Å². The lowest BCUT2D eigenvalue weighted by atomic mass is 9.89. The van der Waals surface area contributed by atoms with Crippen LogP contribution in [0.1, 0.15) is 153 Å². The number of hydrogen-bond acceptors (Lipinski definition) is 13. The van der Waals surface area contributed by atoms with Crippen molar-refractivity contribution < 1.29 is 64.6 Å². The van der Waals surface area contributed by atoms with Gasteiger partial charge in [-0.1, -0.05) is 109 Å². The fourth-order valence-corrected chi connectivity index (χ4v) is 10.5. The van der Waals surface area contributed by atoms with Crippen LogP contribution in [0.3, 0.4) is 0 Å². The molecule has 0 bridgehead atoms. The van der Waals surface area contributed by atoms with Crippen LogP contribution in [-0.4, -0.2) is 132 Å². The number of amides is 4. The monoisotopic (exact) mass is 1090 g/mol. The minimum atomic E-state index is -0.686. The minimum Gasteiger partial charge on any atom is -0.393 e. The van der Waals surface area contributed by atoms with Crippen LogP contribution in [0, 0.1) is 28.6 Å². The van der Waals surface area contributed by atoms with Crippen molar-refractivity contribution >= 4 is 23.6 Å². The van der Waals surface area contributed by atoms with Crippen LogP contribution in [0.5, 0.6) is 0 Å². The van der Waals surface area contributed by atoms with Crippen molar-refractivity contribution in [3.05, 3.63) is 125 Å². The molecule has 2 aliphatic carbocycles. The lowest BCUT2D eigenvalue weighted by Gasteiger charge is -2.20. The van der Waals surface area contributed by atoms with Crippen LogP contribution in [0.25, 0.3) is 0 Å². The molecule has 6 N–H and O–H groups in total. The highest BCUT2D eigenvalue weighted by Gasteiger charge is 2.40. The molecule has 2 saturated carbocycles. The largest absolute Gasteiger partial charge is 0.477 e. The Morgan fingerprint density at radius 1 is 0.538 bits per heavy atom. The van der Waals surface area contributed by atoms with Crippen molar-refractivity contribution in [2.45, 2.75) is 192 Å². The van der Waals surface area contributed by atoms with E-state index in [1.807, 2.05) is 97.1 Å². The summed E-state index contributed by atoms with van der Waals surface area (Å²) in [7, 11) is 0. The molecule has 0 radical (unpaired) electrons. The predicted molar refractivity (Wildman–Crippen MR) is 300 cm³/mol. The average Bonchev–Trinajstić information content (AvgIpc) is 3.90. The summed E-state index contributed by atoms with van der Waals surface area (Å²) in [5.41, 5.74) is 2.29. The van der Waals surface area contributed by atoms with Gasteiger partial charge < -0.3 is 30.6 Å². The summed E-state index contributed by atoms with van der Waals surface area (Å²) in [5, 5.41) is 63.6. The topological polar surface area (TPSA) is 235 Å². The molecule has 4 amide bonds. The highest BCUT2D eigenvalue weighted by Crippen LogP contribution is 2.38. The molecule has 0 spiro atoms. The van der Waals surface area contributed by atoms with Crippen molar-refractivity contribution in [1.29, 1.82) is 0 Å². The number of nitrogens with zero attached hydrogens (tertiary/aromatic N) is 3. The summed E-state index contributed by atoms with van der Waals surface area (Å²) in [6.07, 6.45) is 21.8. The maximum absolute atomic E-state index is 12.9. The summed E-state index contributed by atoms with van der Waals surface area (Å²) >= 11 is 0. The lowest BCUT2D eigenvalue weighted by Crippen LogP contribution is -2.36. The van der Waals surface area contributed by atoms with Crippen molar-refractivity contribution in [2.24, 2.45) is 23.7 Å². The van der Waals surface area contributed by atoms with Crippen molar-refractivity contribution in [3.63, 3.8) is 0 Å². The zero-order chi connectivity index (χ0) is 56.5. The Labute approximate surface area is 463 Å². The van der Waals surface area contributed by atoms with E-state index < -0.39 is 36.6 Å². The normalized spacial score (nSPS) is 22.2. The Kier molecular flexibility index (Phi) is 31.3. The number of aliphatic hydroxyl groups is 6. The first-order valence-electron chi connectivity index (χ1n) is 28.9. The summed E-state index contributed by atoms with van der Waals surface area (Å²) in [6, 6.07) is 19.9. The highest BCUT2D eigenvalue weighted by atomic mass is 17.0. The number of unbranched alkanes of at least 4 members (excludes halogenated alkanes) is 6. The second-order valence-corrected chi connectivity index (χ2v) is 20.9. The SMILES string of the molecule is CCN(C(=O)CCC/C=C\C[C@@H]1[C@H](/C=C/[C@@H](O)CCc2ccccc2)[C@H](O)C[C@H]1O)C(=O)CCCCCO[N+](=O)OCCCCCC(=O)N(CC)C(=O)CCC/C=C\C[C@@H]1[C@H](/C=C/[C@@H](O)CCc2ccccc2)[C@H](O)C[C@H]1O. The smallest absolute Gasteiger partial charge is 0.393 e. The summed E-state index contributed by atoms with van der Waals surface area (Å²) in [4.78, 5) is 76.3. The van der Waals surface area contributed by atoms with E-state index in [0.717, 1.165) is 24.0 Å². The summed E-state index contributed by atoms with van der Waals surface area (Å²) in [5.74, 6) is -1.84. The van der Waals surface area contributed by atoms with Crippen molar-refractivity contribution in [1.82, 2.24) is 9.80 Å². The van der Waals surface area contributed by atoms with E-state index in [9.17, 15) is 54.7 Å². The first kappa shape index (κ1) is 65.2. The number of allylic oxidation sites excluding steroid dienone is 4. The number of imide groups is 2. The molecule has 0 aliphatic heterocycles. The molecular formula is C62H92N3O13+. The third-order valence-electron chi connectivity index (χ3n) is 15.1. The third kappa shape index (κ3) is 24.3. The Morgan fingerprint density at radius 2 is 0.910 bits per heavy atom. The van der Waals surface area contributed by atoms with E-state index >= 15 is 0 Å². The average molecular weight is 1090 g/mol. The van der Waals surface area contributed by atoms with Crippen molar-refractivity contribution in [3.8, 4) is 0 Å². The van der Waals surface area contributed by atoms with Gasteiger partial charge >= 0.3 is 5.09 Å². The molecule has 16 nitrogen and oxygen atoms in total. The van der Waals surface area contributed by atoms with Gasteiger partial charge in [-0.25, -0.2) is 0 Å². The summed E-state index contributed by atoms with van der Waals surface area (Å²) < 4.78 is 0. The van der Waals surface area contributed by atoms with Gasteiger partial charge in [-0.3, -0.25) is 29.0 Å². The van der Waals surface area contributed by atoms with Gasteiger partial charge in [0.1, 0.15) is 4.91 Å². The minimum absolute atomic E-state index is 0.0766. The highest BCUT2D eigenvalue weighted by molar-refractivity contribution is 5.95. The molecule has 10 atom stereocenters. The maximum Gasteiger partial charge on any atom is 0.477 e. The second kappa shape index (κ2) is 37.5. The van der Waals surface area contributed by atoms with E-state index in [1.54, 1.807) is 26.0 Å². The van der Waals surface area contributed by atoms with Crippen LogP contribution in [-0.2, 0) is 41.7 Å². The zero-order valence-corrected chi connectivity index (χ0v) is 46.4. The molecule has 2 aromatic rings. The molecular weight excluding hydrogens is 995 g/mol. The van der Waals surface area contributed by atoms with Crippen LogP contribution in [0.4, 0.5) is 0 Å². The van der Waals surface area contributed by atoms with Gasteiger partial charge in [0.25, 0.3) is 0 Å².